The zero-order chi connectivity index (χ0) is 11.6. The Bertz CT molecular complexity index is 371. The average Bonchev–Trinajstić information content (AvgIpc) is 2.23. The Kier molecular flexibility index (Phi) is 3.93. The van der Waals surface area contributed by atoms with E-state index in [1.165, 1.54) is 7.11 Å². The Balaban J connectivity index is 3.35. The van der Waals surface area contributed by atoms with E-state index in [0.717, 1.165) is 6.07 Å². The van der Waals surface area contributed by atoms with Gasteiger partial charge in [-0.3, -0.25) is 0 Å². The largest absolute Gasteiger partial charge is 0.503 e. The molecular weight excluding hydrogens is 265 g/mol. The third-order valence-corrected chi connectivity index (χ3v) is 3.06. The molecule has 0 spiro atoms. The van der Waals surface area contributed by atoms with Gasteiger partial charge in [0, 0.05) is 11.6 Å². The summed E-state index contributed by atoms with van der Waals surface area (Å²) < 4.78 is 18.8. The van der Waals surface area contributed by atoms with Crippen molar-refractivity contribution in [2.75, 3.05) is 13.7 Å². The Morgan fingerprint density at radius 1 is 1.67 bits per heavy atom. The fourth-order valence-corrected chi connectivity index (χ4v) is 2.10. The quantitative estimate of drug-likeness (QED) is 0.892. The van der Waals surface area contributed by atoms with Crippen molar-refractivity contribution in [2.45, 2.75) is 12.8 Å². The number of phenols is 1. The maximum Gasteiger partial charge on any atom is 0.172 e. The van der Waals surface area contributed by atoms with E-state index in [0.29, 0.717) is 16.6 Å². The van der Waals surface area contributed by atoms with Crippen LogP contribution in [0.2, 0.25) is 0 Å². The summed E-state index contributed by atoms with van der Waals surface area (Å²) in [6, 6.07) is 1.15. The van der Waals surface area contributed by atoms with Gasteiger partial charge in [-0.15, -0.1) is 0 Å². The lowest BCUT2D eigenvalue weighted by Gasteiger charge is -2.15. The van der Waals surface area contributed by atoms with Crippen LogP contribution in [-0.2, 0) is 0 Å². The van der Waals surface area contributed by atoms with Crippen LogP contribution >= 0.6 is 15.9 Å². The molecule has 1 aromatic rings. The van der Waals surface area contributed by atoms with Gasteiger partial charge in [-0.05, 0) is 28.4 Å². The first kappa shape index (κ1) is 12.3. The molecule has 5 heteroatoms. The number of methoxy groups -OCH3 is 1. The topological polar surface area (TPSA) is 55.5 Å². The maximum atomic E-state index is 13.6. The Labute approximate surface area is 96.2 Å². The molecule has 0 aromatic heterocycles. The maximum absolute atomic E-state index is 13.6. The van der Waals surface area contributed by atoms with Crippen LogP contribution < -0.4 is 10.5 Å². The molecule has 1 rings (SSSR count). The fraction of sp³-hybridized carbons (Fsp3) is 0.400. The van der Waals surface area contributed by atoms with E-state index in [1.807, 2.05) is 0 Å². The van der Waals surface area contributed by atoms with Gasteiger partial charge in [0.2, 0.25) is 0 Å². The van der Waals surface area contributed by atoms with E-state index in [2.05, 4.69) is 15.9 Å². The van der Waals surface area contributed by atoms with Gasteiger partial charge in [-0.1, -0.05) is 6.92 Å². The summed E-state index contributed by atoms with van der Waals surface area (Å²) in [5.41, 5.74) is 5.83. The first-order chi connectivity index (χ1) is 7.02. The van der Waals surface area contributed by atoms with Crippen molar-refractivity contribution in [1.29, 1.82) is 0 Å². The molecule has 0 saturated carbocycles. The van der Waals surface area contributed by atoms with Crippen LogP contribution in [0.3, 0.4) is 0 Å². The highest BCUT2D eigenvalue weighted by atomic mass is 79.9. The molecule has 0 aliphatic carbocycles. The second kappa shape index (κ2) is 4.81. The standard InChI is InChI=1S/C10H13BrFNO2/c1-5(4-13)8-6(12)3-7(15-2)10(14)9(8)11/h3,5,14H,4,13H2,1-2H3. The number of rotatable bonds is 3. The molecule has 15 heavy (non-hydrogen) atoms. The molecule has 1 atom stereocenters. The number of benzene rings is 1. The first-order valence-corrected chi connectivity index (χ1v) is 5.27. The third-order valence-electron chi connectivity index (χ3n) is 2.26. The summed E-state index contributed by atoms with van der Waals surface area (Å²) in [6.07, 6.45) is 0. The van der Waals surface area contributed by atoms with Crippen LogP contribution in [0.1, 0.15) is 18.4 Å². The van der Waals surface area contributed by atoms with Gasteiger partial charge in [0.25, 0.3) is 0 Å². The SMILES string of the molecule is COc1cc(F)c(C(C)CN)c(Br)c1O. The van der Waals surface area contributed by atoms with Gasteiger partial charge in [-0.25, -0.2) is 4.39 Å². The van der Waals surface area contributed by atoms with Crippen molar-refractivity contribution in [3.05, 3.63) is 21.9 Å². The zero-order valence-corrected chi connectivity index (χ0v) is 10.1. The minimum absolute atomic E-state index is 0.103. The van der Waals surface area contributed by atoms with Crippen LogP contribution in [-0.4, -0.2) is 18.8 Å². The second-order valence-corrected chi connectivity index (χ2v) is 4.07. The lowest BCUT2D eigenvalue weighted by atomic mass is 10.00. The van der Waals surface area contributed by atoms with Crippen LogP contribution in [0.4, 0.5) is 4.39 Å². The number of nitrogens with two attached hydrogens (primary N) is 1. The van der Waals surface area contributed by atoms with Gasteiger partial charge < -0.3 is 15.6 Å². The zero-order valence-electron chi connectivity index (χ0n) is 8.55. The van der Waals surface area contributed by atoms with Crippen molar-refractivity contribution in [1.82, 2.24) is 0 Å². The van der Waals surface area contributed by atoms with Crippen molar-refractivity contribution < 1.29 is 14.2 Å². The monoisotopic (exact) mass is 277 g/mol. The van der Waals surface area contributed by atoms with Crippen molar-refractivity contribution in [2.24, 2.45) is 5.73 Å². The summed E-state index contributed by atoms with van der Waals surface area (Å²) in [7, 11) is 1.37. The van der Waals surface area contributed by atoms with Gasteiger partial charge in [0.1, 0.15) is 5.82 Å². The van der Waals surface area contributed by atoms with E-state index >= 15 is 0 Å². The van der Waals surface area contributed by atoms with Crippen molar-refractivity contribution in [3.8, 4) is 11.5 Å². The number of hydrogen-bond acceptors (Lipinski definition) is 3. The summed E-state index contributed by atoms with van der Waals surface area (Å²) in [4.78, 5) is 0. The van der Waals surface area contributed by atoms with Crippen molar-refractivity contribution >= 4 is 15.9 Å². The highest BCUT2D eigenvalue weighted by Gasteiger charge is 2.20. The summed E-state index contributed by atoms with van der Waals surface area (Å²) in [5.74, 6) is -0.604. The normalized spacial score (nSPS) is 12.6. The van der Waals surface area contributed by atoms with Gasteiger partial charge in [0.05, 0.1) is 11.6 Å². The van der Waals surface area contributed by atoms with Crippen molar-refractivity contribution in [3.63, 3.8) is 0 Å². The van der Waals surface area contributed by atoms with E-state index < -0.39 is 5.82 Å². The van der Waals surface area contributed by atoms with E-state index in [9.17, 15) is 9.50 Å². The molecule has 0 bridgehead atoms. The molecule has 3 N–H and O–H groups in total. The molecule has 3 nitrogen and oxygen atoms in total. The lowest BCUT2D eigenvalue weighted by molar-refractivity contribution is 0.367. The molecule has 0 radical (unpaired) electrons. The smallest absolute Gasteiger partial charge is 0.172 e. The summed E-state index contributed by atoms with van der Waals surface area (Å²) in [5, 5.41) is 9.67. The predicted octanol–water partition coefficient (Wildman–Crippen LogP) is 2.36. The summed E-state index contributed by atoms with van der Waals surface area (Å²) in [6.45, 7) is 2.09. The van der Waals surface area contributed by atoms with E-state index in [1.54, 1.807) is 6.92 Å². The van der Waals surface area contributed by atoms with E-state index in [-0.39, 0.29) is 17.4 Å². The second-order valence-electron chi connectivity index (χ2n) is 3.27. The Morgan fingerprint density at radius 2 is 2.27 bits per heavy atom. The predicted molar refractivity (Wildman–Crippen MR) is 59.8 cm³/mol. The van der Waals surface area contributed by atoms with Crippen LogP contribution in [0.25, 0.3) is 0 Å². The first-order valence-electron chi connectivity index (χ1n) is 4.47. The molecule has 0 heterocycles. The average molecular weight is 278 g/mol. The van der Waals surface area contributed by atoms with E-state index in [4.69, 9.17) is 10.5 Å². The number of aromatic hydroxyl groups is 1. The minimum atomic E-state index is -0.436. The fourth-order valence-electron chi connectivity index (χ4n) is 1.33. The number of phenolic OH excluding ortho intramolecular Hbond substituents is 1. The van der Waals surface area contributed by atoms with Gasteiger partial charge in [0.15, 0.2) is 11.5 Å². The van der Waals surface area contributed by atoms with Gasteiger partial charge in [-0.2, -0.15) is 0 Å². The highest BCUT2D eigenvalue weighted by molar-refractivity contribution is 9.10. The third kappa shape index (κ3) is 2.23. The molecular formula is C10H13BrFNO2. The van der Waals surface area contributed by atoms with Crippen LogP contribution in [0.15, 0.2) is 10.5 Å². The molecule has 0 saturated heterocycles. The molecule has 1 unspecified atom stereocenters. The summed E-state index contributed by atoms with van der Waals surface area (Å²) >= 11 is 3.14. The molecule has 0 amide bonds. The van der Waals surface area contributed by atoms with Crippen LogP contribution in [0, 0.1) is 5.82 Å². The molecule has 0 fully saturated rings. The van der Waals surface area contributed by atoms with Crippen LogP contribution in [0.5, 0.6) is 11.5 Å². The highest BCUT2D eigenvalue weighted by Crippen LogP contribution is 2.40. The molecule has 1 aromatic carbocycles. The number of ether oxygens (including phenoxy) is 1. The number of hydrogen-bond donors (Lipinski definition) is 2. The Hall–Kier alpha value is -0.810. The minimum Gasteiger partial charge on any atom is -0.503 e. The molecule has 0 aliphatic heterocycles. The van der Waals surface area contributed by atoms with Gasteiger partial charge >= 0.3 is 0 Å². The lowest BCUT2D eigenvalue weighted by Crippen LogP contribution is -2.11. The molecule has 84 valence electrons. The Morgan fingerprint density at radius 3 is 2.73 bits per heavy atom. The molecule has 0 aliphatic rings. The number of halogens is 2.